The molecule has 0 bridgehead atoms. The first-order valence-electron chi connectivity index (χ1n) is 13.9. The highest BCUT2D eigenvalue weighted by atomic mass is 19.1. The highest BCUT2D eigenvalue weighted by Crippen LogP contribution is 2.35. The average Bonchev–Trinajstić information content (AvgIpc) is 3.02. The number of Topliss-reactive ketones (excluding diaryl/α,β-unsaturated/α-hetero) is 1. The van der Waals surface area contributed by atoms with Crippen LogP contribution >= 0.6 is 0 Å². The van der Waals surface area contributed by atoms with Crippen LogP contribution < -0.4 is 24.4 Å². The van der Waals surface area contributed by atoms with Crippen molar-refractivity contribution in [2.75, 3.05) is 21.3 Å². The van der Waals surface area contributed by atoms with E-state index in [2.05, 4.69) is 9.97 Å². The Morgan fingerprint density at radius 3 is 2.32 bits per heavy atom. The van der Waals surface area contributed by atoms with Gasteiger partial charge in [-0.1, -0.05) is 18.2 Å². The predicted molar refractivity (Wildman–Crippen MR) is 165 cm³/mol. The fourth-order valence-electron chi connectivity index (χ4n) is 5.08. The number of benzene rings is 2. The van der Waals surface area contributed by atoms with Crippen molar-refractivity contribution in [2.45, 2.75) is 33.2 Å². The summed E-state index contributed by atoms with van der Waals surface area (Å²) in [6.45, 7) is 5.81. The molecule has 9 nitrogen and oxygen atoms in total. The average molecular weight is 598 g/mol. The van der Waals surface area contributed by atoms with E-state index in [1.165, 1.54) is 32.5 Å². The zero-order chi connectivity index (χ0) is 31.5. The summed E-state index contributed by atoms with van der Waals surface area (Å²) in [5, 5.41) is 0. The number of halogens is 1. The highest BCUT2D eigenvalue weighted by molar-refractivity contribution is 5.98. The van der Waals surface area contributed by atoms with E-state index < -0.39 is 11.6 Å². The zero-order valence-electron chi connectivity index (χ0n) is 25.3. The Morgan fingerprint density at radius 2 is 1.68 bits per heavy atom. The summed E-state index contributed by atoms with van der Waals surface area (Å²) >= 11 is 0. The van der Waals surface area contributed by atoms with Gasteiger partial charge in [0.15, 0.2) is 34.3 Å². The molecule has 0 N–H and O–H groups in total. The third kappa shape index (κ3) is 5.83. The number of ketones is 1. The van der Waals surface area contributed by atoms with E-state index in [-0.39, 0.29) is 40.8 Å². The fourth-order valence-corrected chi connectivity index (χ4v) is 5.08. The second-order valence-corrected chi connectivity index (χ2v) is 10.4. The molecule has 0 amide bonds. The minimum absolute atomic E-state index is 0.00663. The Balaban J connectivity index is 1.44. The van der Waals surface area contributed by atoms with E-state index in [1.807, 2.05) is 25.3 Å². The lowest BCUT2D eigenvalue weighted by molar-refractivity contribution is 0.0991. The minimum Gasteiger partial charge on any atom is -0.497 e. The van der Waals surface area contributed by atoms with Crippen LogP contribution in [0.3, 0.4) is 0 Å². The fraction of sp³-hybridized carbons (Fsp3) is 0.235. The Labute approximate surface area is 253 Å². The lowest BCUT2D eigenvalue weighted by Crippen LogP contribution is -2.24. The molecule has 0 radical (unpaired) electrons. The predicted octanol–water partition coefficient (Wildman–Crippen LogP) is 6.73. The van der Waals surface area contributed by atoms with Crippen LogP contribution in [0.2, 0.25) is 0 Å². The number of hydrogen-bond donors (Lipinski definition) is 0. The van der Waals surface area contributed by atoms with E-state index in [0.29, 0.717) is 39.2 Å². The molecule has 0 aliphatic rings. The molecular formula is C34H32FN3O6. The van der Waals surface area contributed by atoms with Crippen LogP contribution in [0.15, 0.2) is 71.8 Å². The Kier molecular flexibility index (Phi) is 8.61. The Hall–Kier alpha value is -5.25. The summed E-state index contributed by atoms with van der Waals surface area (Å²) in [7, 11) is 4.52. The molecule has 0 spiro atoms. The number of ether oxygens (including phenoxy) is 4. The van der Waals surface area contributed by atoms with Gasteiger partial charge in [-0.05, 0) is 56.2 Å². The maximum Gasteiger partial charge on any atom is 0.257 e. The largest absolute Gasteiger partial charge is 0.497 e. The van der Waals surface area contributed by atoms with Gasteiger partial charge in [0.05, 0.1) is 32.4 Å². The number of rotatable bonds is 10. The molecular weight excluding hydrogens is 565 g/mol. The molecule has 44 heavy (non-hydrogen) atoms. The van der Waals surface area contributed by atoms with Crippen LogP contribution in [0.1, 0.15) is 41.5 Å². The number of hydrogen-bond acceptors (Lipinski definition) is 8. The molecule has 5 aromatic rings. The molecule has 0 aliphatic heterocycles. The number of fused-ring (bicyclic) bond motifs is 1. The van der Waals surface area contributed by atoms with Crippen LogP contribution in [-0.4, -0.2) is 41.6 Å². The quantitative estimate of drug-likeness (QED) is 0.163. The van der Waals surface area contributed by atoms with E-state index in [1.54, 1.807) is 55.8 Å². The van der Waals surface area contributed by atoms with Crippen molar-refractivity contribution in [3.8, 4) is 40.0 Å². The van der Waals surface area contributed by atoms with Gasteiger partial charge < -0.3 is 23.5 Å². The van der Waals surface area contributed by atoms with Crippen molar-refractivity contribution < 1.29 is 28.1 Å². The normalized spacial score (nSPS) is 11.1. The van der Waals surface area contributed by atoms with Crippen molar-refractivity contribution in [2.24, 2.45) is 0 Å². The summed E-state index contributed by atoms with van der Waals surface area (Å²) in [6, 6.07) is 14.6. The van der Waals surface area contributed by atoms with Crippen LogP contribution in [-0.2, 0) is 6.42 Å². The summed E-state index contributed by atoms with van der Waals surface area (Å²) in [6.07, 6.45) is 2.94. The number of carbonyl (C=O) groups is 1. The maximum absolute atomic E-state index is 15.3. The first kappa shape index (κ1) is 30.2. The minimum atomic E-state index is -0.678. The number of pyridine rings is 3. The first-order valence-corrected chi connectivity index (χ1v) is 13.9. The van der Waals surface area contributed by atoms with Gasteiger partial charge in [-0.15, -0.1) is 0 Å². The van der Waals surface area contributed by atoms with Gasteiger partial charge in [0.1, 0.15) is 11.3 Å². The van der Waals surface area contributed by atoms with Gasteiger partial charge in [-0.25, -0.2) is 9.37 Å². The van der Waals surface area contributed by atoms with Gasteiger partial charge in [0.25, 0.3) is 5.88 Å². The molecule has 0 fully saturated rings. The lowest BCUT2D eigenvalue weighted by atomic mass is 9.97. The number of nitrogens with zero attached hydrogens (tertiary/aromatic N) is 3. The summed E-state index contributed by atoms with van der Waals surface area (Å²) in [5.74, 6) is 0.388. The number of methoxy groups -OCH3 is 3. The molecule has 226 valence electrons. The third-order valence-electron chi connectivity index (χ3n) is 7.33. The summed E-state index contributed by atoms with van der Waals surface area (Å²) in [4.78, 5) is 35.9. The van der Waals surface area contributed by atoms with Gasteiger partial charge in [0, 0.05) is 48.2 Å². The monoisotopic (exact) mass is 597 g/mol. The smallest absolute Gasteiger partial charge is 0.257 e. The van der Waals surface area contributed by atoms with Gasteiger partial charge >= 0.3 is 0 Å². The van der Waals surface area contributed by atoms with E-state index in [0.717, 1.165) is 5.69 Å². The molecule has 0 atom stereocenters. The van der Waals surface area contributed by atoms with E-state index in [9.17, 15) is 9.59 Å². The van der Waals surface area contributed by atoms with Crippen LogP contribution in [0.4, 0.5) is 4.39 Å². The standard InChI is InChI=1S/C34H32FN3O6/c1-19(2)38-18-24(33(40)31(20(38)3)22-8-10-23(41-4)11-9-22)27(39)16-21-7-12-28(25(35)15-21)44-29-13-14-36-26-17-30(42-5)34(43-6)37-32(26)29/h7-15,17-19H,16H2,1-6H3. The molecule has 3 aromatic heterocycles. The van der Waals surface area contributed by atoms with Crippen LogP contribution in [0, 0.1) is 12.7 Å². The van der Waals surface area contributed by atoms with Crippen molar-refractivity contribution >= 4 is 16.8 Å². The lowest BCUT2D eigenvalue weighted by Gasteiger charge is -2.20. The molecule has 10 heteroatoms. The van der Waals surface area contributed by atoms with Crippen LogP contribution in [0.5, 0.6) is 28.9 Å². The van der Waals surface area contributed by atoms with Crippen molar-refractivity contribution in [3.63, 3.8) is 0 Å². The third-order valence-corrected chi connectivity index (χ3v) is 7.33. The van der Waals surface area contributed by atoms with E-state index >= 15 is 4.39 Å². The van der Waals surface area contributed by atoms with Crippen molar-refractivity contribution in [1.82, 2.24) is 14.5 Å². The van der Waals surface area contributed by atoms with Crippen molar-refractivity contribution in [1.29, 1.82) is 0 Å². The Morgan fingerprint density at radius 1 is 0.932 bits per heavy atom. The molecule has 3 heterocycles. The maximum atomic E-state index is 15.3. The topological polar surface area (TPSA) is 102 Å². The van der Waals surface area contributed by atoms with Gasteiger partial charge in [-0.2, -0.15) is 0 Å². The van der Waals surface area contributed by atoms with Gasteiger partial charge in [-0.3, -0.25) is 14.6 Å². The SMILES string of the molecule is COc1ccc(-c2c(C)n(C(C)C)cc(C(=O)Cc3ccc(Oc4ccnc5cc(OC)c(OC)nc45)c(F)c3)c2=O)cc1. The van der Waals surface area contributed by atoms with E-state index in [4.69, 9.17) is 18.9 Å². The molecule has 0 saturated heterocycles. The number of carbonyl (C=O) groups excluding carboxylic acids is 1. The summed E-state index contributed by atoms with van der Waals surface area (Å²) in [5.41, 5.74) is 2.75. The molecule has 2 aromatic carbocycles. The highest BCUT2D eigenvalue weighted by Gasteiger charge is 2.21. The molecule has 0 unspecified atom stereocenters. The second-order valence-electron chi connectivity index (χ2n) is 10.4. The zero-order valence-corrected chi connectivity index (χ0v) is 25.3. The number of aromatic nitrogens is 3. The van der Waals surface area contributed by atoms with Crippen LogP contribution in [0.25, 0.3) is 22.2 Å². The molecule has 5 rings (SSSR count). The van der Waals surface area contributed by atoms with Gasteiger partial charge in [0.2, 0.25) is 0 Å². The Bertz CT molecular complexity index is 1920. The second kappa shape index (κ2) is 12.5. The molecule has 0 saturated carbocycles. The summed E-state index contributed by atoms with van der Waals surface area (Å²) < 4.78 is 38.9. The first-order chi connectivity index (χ1) is 21.1. The molecule has 0 aliphatic carbocycles. The van der Waals surface area contributed by atoms with Crippen molar-refractivity contribution in [3.05, 3.63) is 99.9 Å².